The van der Waals surface area contributed by atoms with Gasteiger partial charge in [0, 0.05) is 16.5 Å². The van der Waals surface area contributed by atoms with Gasteiger partial charge < -0.3 is 9.84 Å². The van der Waals surface area contributed by atoms with Crippen LogP contribution in [0.1, 0.15) is 29.7 Å². The van der Waals surface area contributed by atoms with Crippen LogP contribution in [-0.2, 0) is 9.53 Å². The van der Waals surface area contributed by atoms with Crippen molar-refractivity contribution in [2.45, 2.75) is 17.9 Å². The molecule has 0 unspecified atom stereocenters. The fourth-order valence-electron chi connectivity index (χ4n) is 4.47. The summed E-state index contributed by atoms with van der Waals surface area (Å²) in [6.45, 7) is 1.86. The van der Waals surface area contributed by atoms with Crippen LogP contribution >= 0.6 is 23.1 Å². The highest BCUT2D eigenvalue weighted by Crippen LogP contribution is 2.35. The summed E-state index contributed by atoms with van der Waals surface area (Å²) < 4.78 is 7.20. The van der Waals surface area contributed by atoms with E-state index in [1.165, 1.54) is 28.8 Å². The second-order valence-electron chi connectivity index (χ2n) is 8.71. The molecule has 202 valence electrons. The third-order valence-electron chi connectivity index (χ3n) is 6.30. The zero-order valence-corrected chi connectivity index (χ0v) is 23.1. The second-order valence-corrected chi connectivity index (χ2v) is 10.6. The summed E-state index contributed by atoms with van der Waals surface area (Å²) in [7, 11) is 0. The number of nitro benzene ring substituents is 1. The molecule has 4 aromatic rings. The average molecular weight is 574 g/mol. The number of fused-ring (bicyclic) bond motifs is 1. The summed E-state index contributed by atoms with van der Waals surface area (Å²) in [5, 5.41) is 21.2. The monoisotopic (exact) mass is 573 g/mol. The molecule has 5 rings (SSSR count). The summed E-state index contributed by atoms with van der Waals surface area (Å²) in [6, 6.07) is 19.9. The van der Waals surface area contributed by atoms with Gasteiger partial charge in [-0.15, -0.1) is 11.8 Å². The van der Waals surface area contributed by atoms with Gasteiger partial charge in [0.15, 0.2) is 10.6 Å². The highest BCUT2D eigenvalue weighted by Gasteiger charge is 2.35. The topological polar surface area (TPSA) is 124 Å². The summed E-state index contributed by atoms with van der Waals surface area (Å²) in [6.07, 6.45) is 3.48. The standard InChI is InChI=1S/C29H23N3O6S2/c1-3-38-28(35)24-25(18-7-5-4-6-8-18)30-29-31(26(24)19-10-12-20(39-2)13-11-19)27(34)23(40-29)16-17-9-14-22(33)21(15-17)32(36)37/h4-16,26,33H,3H2,1-2H3/b23-16-/t26-/m1/s1. The van der Waals surface area contributed by atoms with Crippen LogP contribution < -0.4 is 14.9 Å². The predicted molar refractivity (Wildman–Crippen MR) is 154 cm³/mol. The fourth-order valence-corrected chi connectivity index (χ4v) is 5.88. The van der Waals surface area contributed by atoms with Crippen molar-refractivity contribution in [1.29, 1.82) is 0 Å². The Morgan fingerprint density at radius 2 is 1.90 bits per heavy atom. The molecule has 0 fully saturated rings. The van der Waals surface area contributed by atoms with Gasteiger partial charge in [-0.3, -0.25) is 19.5 Å². The van der Waals surface area contributed by atoms with Gasteiger partial charge in [0.25, 0.3) is 5.56 Å². The number of phenols is 1. The van der Waals surface area contributed by atoms with E-state index in [9.17, 15) is 24.8 Å². The van der Waals surface area contributed by atoms with E-state index in [1.54, 1.807) is 18.7 Å². The van der Waals surface area contributed by atoms with Gasteiger partial charge in [-0.05, 0) is 48.6 Å². The van der Waals surface area contributed by atoms with E-state index < -0.39 is 33.9 Å². The van der Waals surface area contributed by atoms with Gasteiger partial charge in [0.2, 0.25) is 0 Å². The molecule has 1 atom stereocenters. The average Bonchev–Trinajstić information content (AvgIpc) is 3.27. The Hall–Kier alpha value is -4.48. The molecular formula is C29H23N3O6S2. The highest BCUT2D eigenvalue weighted by atomic mass is 32.2. The van der Waals surface area contributed by atoms with Crippen molar-refractivity contribution in [2.24, 2.45) is 4.99 Å². The molecule has 9 nitrogen and oxygen atoms in total. The summed E-state index contributed by atoms with van der Waals surface area (Å²) in [4.78, 5) is 44.2. The molecule has 1 aliphatic rings. The largest absolute Gasteiger partial charge is 0.502 e. The Morgan fingerprint density at radius 1 is 1.18 bits per heavy atom. The maximum absolute atomic E-state index is 13.9. The SMILES string of the molecule is CCOC(=O)C1=C(c2ccccc2)N=c2s/c(=C\c3ccc(O)c([N+](=O)[O-])c3)c(=O)n2[C@@H]1c1ccc(SC)cc1. The van der Waals surface area contributed by atoms with E-state index in [-0.39, 0.29) is 16.7 Å². The number of nitrogens with zero attached hydrogens (tertiary/aromatic N) is 3. The number of hydrogen-bond acceptors (Lipinski definition) is 9. The first-order valence-electron chi connectivity index (χ1n) is 12.2. The van der Waals surface area contributed by atoms with Crippen LogP contribution in [0.2, 0.25) is 0 Å². The molecule has 0 saturated carbocycles. The number of rotatable bonds is 7. The Morgan fingerprint density at radius 3 is 2.55 bits per heavy atom. The van der Waals surface area contributed by atoms with E-state index in [2.05, 4.69) is 0 Å². The molecule has 1 N–H and O–H groups in total. The summed E-state index contributed by atoms with van der Waals surface area (Å²) in [5.41, 5.74) is 1.54. The number of hydrogen-bond donors (Lipinski definition) is 1. The molecule has 0 radical (unpaired) electrons. The van der Waals surface area contributed by atoms with Crippen molar-refractivity contribution >= 4 is 46.5 Å². The van der Waals surface area contributed by atoms with Crippen LogP contribution in [0.4, 0.5) is 5.69 Å². The number of phenolic OH excluding ortho intramolecular Hbond substituents is 1. The lowest BCUT2D eigenvalue weighted by atomic mass is 9.93. The number of esters is 1. The van der Waals surface area contributed by atoms with Crippen molar-refractivity contribution < 1.29 is 19.6 Å². The molecule has 0 bridgehead atoms. The predicted octanol–water partition coefficient (Wildman–Crippen LogP) is 4.27. The van der Waals surface area contributed by atoms with E-state index in [0.717, 1.165) is 16.2 Å². The van der Waals surface area contributed by atoms with E-state index in [4.69, 9.17) is 9.73 Å². The Balaban J connectivity index is 1.80. The zero-order chi connectivity index (χ0) is 28.4. The fraction of sp³-hybridized carbons (Fsp3) is 0.138. The molecule has 1 aliphatic heterocycles. The number of ether oxygens (including phenoxy) is 1. The Kier molecular flexibility index (Phi) is 7.67. The maximum Gasteiger partial charge on any atom is 0.338 e. The van der Waals surface area contributed by atoms with Crippen LogP contribution in [-0.4, -0.2) is 33.4 Å². The number of carbonyl (C=O) groups excluding carboxylic acids is 1. The van der Waals surface area contributed by atoms with Gasteiger partial charge in [0.1, 0.15) is 0 Å². The highest BCUT2D eigenvalue weighted by molar-refractivity contribution is 7.98. The minimum atomic E-state index is -0.822. The van der Waals surface area contributed by atoms with Crippen molar-refractivity contribution in [3.63, 3.8) is 0 Å². The van der Waals surface area contributed by atoms with Crippen LogP contribution in [0, 0.1) is 10.1 Å². The first kappa shape index (κ1) is 27.1. The molecule has 0 aliphatic carbocycles. The molecule has 3 aromatic carbocycles. The van der Waals surface area contributed by atoms with Gasteiger partial charge in [-0.25, -0.2) is 9.79 Å². The molecule has 0 amide bonds. The first-order chi connectivity index (χ1) is 19.3. The number of thioether (sulfide) groups is 1. The quantitative estimate of drug-likeness (QED) is 0.152. The molecule has 0 saturated heterocycles. The molecular weight excluding hydrogens is 550 g/mol. The maximum atomic E-state index is 13.9. The Bertz CT molecular complexity index is 1830. The van der Waals surface area contributed by atoms with Crippen LogP contribution in [0.15, 0.2) is 93.1 Å². The molecule has 11 heteroatoms. The molecule has 2 heterocycles. The smallest absolute Gasteiger partial charge is 0.338 e. The number of carbonyl (C=O) groups is 1. The van der Waals surface area contributed by atoms with E-state index in [1.807, 2.05) is 60.9 Å². The van der Waals surface area contributed by atoms with Crippen molar-refractivity contribution in [1.82, 2.24) is 4.57 Å². The van der Waals surface area contributed by atoms with Crippen LogP contribution in [0.25, 0.3) is 11.8 Å². The minimum Gasteiger partial charge on any atom is -0.502 e. The normalized spacial score (nSPS) is 14.9. The summed E-state index contributed by atoms with van der Waals surface area (Å²) >= 11 is 2.69. The van der Waals surface area contributed by atoms with Crippen LogP contribution in [0.5, 0.6) is 5.75 Å². The zero-order valence-electron chi connectivity index (χ0n) is 21.4. The minimum absolute atomic E-state index is 0.145. The number of benzene rings is 3. The van der Waals surface area contributed by atoms with Gasteiger partial charge >= 0.3 is 11.7 Å². The lowest BCUT2D eigenvalue weighted by molar-refractivity contribution is -0.385. The van der Waals surface area contributed by atoms with Crippen molar-refractivity contribution in [3.05, 3.63) is 125 Å². The molecule has 1 aromatic heterocycles. The second kappa shape index (κ2) is 11.3. The first-order valence-corrected chi connectivity index (χ1v) is 14.3. The van der Waals surface area contributed by atoms with Gasteiger partial charge in [-0.2, -0.15) is 0 Å². The lowest BCUT2D eigenvalue weighted by Gasteiger charge is -2.26. The molecule has 40 heavy (non-hydrogen) atoms. The van der Waals surface area contributed by atoms with Crippen molar-refractivity contribution in [2.75, 3.05) is 12.9 Å². The van der Waals surface area contributed by atoms with Crippen LogP contribution in [0.3, 0.4) is 0 Å². The summed E-state index contributed by atoms with van der Waals surface area (Å²) in [5.74, 6) is -1.05. The van der Waals surface area contributed by atoms with E-state index in [0.29, 0.717) is 27.2 Å². The van der Waals surface area contributed by atoms with Gasteiger partial charge in [0.05, 0.1) is 33.4 Å². The third-order valence-corrected chi connectivity index (χ3v) is 8.03. The van der Waals surface area contributed by atoms with Crippen molar-refractivity contribution in [3.8, 4) is 5.75 Å². The third kappa shape index (κ3) is 5.08. The lowest BCUT2D eigenvalue weighted by Crippen LogP contribution is -2.40. The molecule has 0 spiro atoms. The van der Waals surface area contributed by atoms with Gasteiger partial charge in [-0.1, -0.05) is 59.9 Å². The number of thiazole rings is 1. The Labute approximate surface area is 236 Å². The van der Waals surface area contributed by atoms with E-state index >= 15 is 0 Å². The number of aromatic nitrogens is 1. The number of nitro groups is 1. The number of aromatic hydroxyl groups is 1.